The van der Waals surface area contributed by atoms with Crippen LogP contribution in [0.4, 0.5) is 5.69 Å². The van der Waals surface area contributed by atoms with Crippen molar-refractivity contribution in [3.05, 3.63) is 58.6 Å². The molecule has 1 unspecified atom stereocenters. The Morgan fingerprint density at radius 1 is 1.00 bits per heavy atom. The highest BCUT2D eigenvalue weighted by molar-refractivity contribution is 7.89. The quantitative estimate of drug-likeness (QED) is 0.765. The highest BCUT2D eigenvalue weighted by atomic mass is 35.5. The lowest BCUT2D eigenvalue weighted by atomic mass is 10.0. The molecule has 4 rings (SSSR count). The molecule has 1 saturated heterocycles. The molecule has 28 heavy (non-hydrogen) atoms. The smallest absolute Gasteiger partial charge is 0.243 e. The van der Waals surface area contributed by atoms with Crippen LogP contribution in [-0.4, -0.2) is 44.7 Å². The van der Waals surface area contributed by atoms with Gasteiger partial charge in [0.2, 0.25) is 10.0 Å². The van der Waals surface area contributed by atoms with Crippen LogP contribution >= 0.6 is 11.6 Å². The summed E-state index contributed by atoms with van der Waals surface area (Å²) in [5, 5.41) is 0.687. The number of rotatable bonds is 4. The summed E-state index contributed by atoms with van der Waals surface area (Å²) < 4.78 is 28.2. The molecular formula is C21H23ClN2O3S. The first-order valence-corrected chi connectivity index (χ1v) is 11.3. The summed E-state index contributed by atoms with van der Waals surface area (Å²) in [6.45, 7) is 3.72. The van der Waals surface area contributed by atoms with Gasteiger partial charge in [-0.3, -0.25) is 4.79 Å². The zero-order valence-corrected chi connectivity index (χ0v) is 17.3. The average Bonchev–Trinajstić information content (AvgIpc) is 3.13. The molecule has 2 aliphatic rings. The Labute approximate surface area is 171 Å². The van der Waals surface area contributed by atoms with E-state index in [1.54, 1.807) is 23.4 Å². The van der Waals surface area contributed by atoms with Crippen molar-refractivity contribution in [3.63, 3.8) is 0 Å². The zero-order valence-electron chi connectivity index (χ0n) is 15.8. The predicted molar refractivity (Wildman–Crippen MR) is 110 cm³/mol. The number of carbonyl (C=O) groups is 1. The number of anilines is 1. The molecule has 1 fully saturated rings. The van der Waals surface area contributed by atoms with E-state index >= 15 is 0 Å². The highest BCUT2D eigenvalue weighted by Crippen LogP contribution is 2.34. The van der Waals surface area contributed by atoms with Gasteiger partial charge in [0, 0.05) is 42.8 Å². The van der Waals surface area contributed by atoms with Gasteiger partial charge in [-0.1, -0.05) is 23.7 Å². The van der Waals surface area contributed by atoms with Crippen LogP contribution in [0.25, 0.3) is 0 Å². The Morgan fingerprint density at radius 2 is 1.68 bits per heavy atom. The number of hydrogen-bond donors (Lipinski definition) is 0. The minimum atomic E-state index is -3.57. The fourth-order valence-electron chi connectivity index (χ4n) is 4.12. The molecule has 7 heteroatoms. The second kappa shape index (κ2) is 7.50. The molecular weight excluding hydrogens is 396 g/mol. The van der Waals surface area contributed by atoms with E-state index in [0.29, 0.717) is 48.9 Å². The van der Waals surface area contributed by atoms with Crippen molar-refractivity contribution in [2.24, 2.45) is 5.92 Å². The normalized spacial score (nSPS) is 20.2. The second-order valence-electron chi connectivity index (χ2n) is 7.48. The van der Waals surface area contributed by atoms with E-state index in [9.17, 15) is 13.2 Å². The van der Waals surface area contributed by atoms with Crippen LogP contribution in [0.2, 0.25) is 5.02 Å². The first kappa shape index (κ1) is 19.4. The number of nitrogens with zero attached hydrogens (tertiary/aromatic N) is 2. The zero-order chi connectivity index (χ0) is 19.9. The summed E-state index contributed by atoms with van der Waals surface area (Å²) in [6, 6.07) is 13.0. The topological polar surface area (TPSA) is 57.7 Å². The number of hydrogen-bond acceptors (Lipinski definition) is 4. The number of piperazine rings is 1. The van der Waals surface area contributed by atoms with Gasteiger partial charge in [-0.25, -0.2) is 8.42 Å². The predicted octanol–water partition coefficient (Wildman–Crippen LogP) is 3.15. The Hall–Kier alpha value is -1.89. The van der Waals surface area contributed by atoms with E-state index in [-0.39, 0.29) is 11.7 Å². The number of fused-ring (bicyclic) bond motifs is 1. The minimum absolute atomic E-state index is 0.104. The lowest BCUT2D eigenvalue weighted by molar-refractivity contribution is -0.120. The van der Waals surface area contributed by atoms with E-state index in [1.165, 1.54) is 0 Å². The fraction of sp³-hybridized carbons (Fsp3) is 0.381. The molecule has 0 saturated carbocycles. The minimum Gasteiger partial charge on any atom is -0.369 e. The molecule has 0 amide bonds. The van der Waals surface area contributed by atoms with Crippen molar-refractivity contribution in [2.45, 2.75) is 24.7 Å². The van der Waals surface area contributed by atoms with Crippen LogP contribution in [-0.2, 0) is 27.7 Å². The summed E-state index contributed by atoms with van der Waals surface area (Å²) in [7, 11) is -3.57. The van der Waals surface area contributed by atoms with E-state index in [4.69, 9.17) is 11.6 Å². The van der Waals surface area contributed by atoms with Gasteiger partial charge in [0.1, 0.15) is 5.78 Å². The Kier molecular flexibility index (Phi) is 5.21. The van der Waals surface area contributed by atoms with Gasteiger partial charge in [-0.2, -0.15) is 4.31 Å². The molecule has 0 spiro atoms. The third-order valence-electron chi connectivity index (χ3n) is 5.77. The van der Waals surface area contributed by atoms with Crippen LogP contribution < -0.4 is 4.90 Å². The first-order valence-electron chi connectivity index (χ1n) is 9.48. The van der Waals surface area contributed by atoms with Crippen molar-refractivity contribution in [2.75, 3.05) is 31.1 Å². The van der Waals surface area contributed by atoms with E-state index in [2.05, 4.69) is 4.90 Å². The largest absolute Gasteiger partial charge is 0.369 e. The van der Waals surface area contributed by atoms with Gasteiger partial charge < -0.3 is 4.90 Å². The summed E-state index contributed by atoms with van der Waals surface area (Å²) in [5.74, 6) is 0.0178. The number of ketones is 1. The molecule has 148 valence electrons. The summed E-state index contributed by atoms with van der Waals surface area (Å²) in [4.78, 5) is 14.3. The van der Waals surface area contributed by atoms with Gasteiger partial charge in [0.15, 0.2) is 0 Å². The third kappa shape index (κ3) is 3.56. The Morgan fingerprint density at radius 3 is 2.32 bits per heavy atom. The summed E-state index contributed by atoms with van der Waals surface area (Å²) in [5.41, 5.74) is 2.86. The van der Waals surface area contributed by atoms with Crippen LogP contribution in [0.1, 0.15) is 18.1 Å². The molecule has 1 aliphatic heterocycles. The molecule has 2 aromatic rings. The maximum atomic E-state index is 13.3. The number of carbonyl (C=O) groups excluding carboxylic acids is 1. The lowest BCUT2D eigenvalue weighted by Gasteiger charge is -2.35. The van der Waals surface area contributed by atoms with Gasteiger partial charge in [-0.05, 0) is 61.2 Å². The van der Waals surface area contributed by atoms with E-state index < -0.39 is 10.0 Å². The second-order valence-corrected chi connectivity index (χ2v) is 9.82. The summed E-state index contributed by atoms with van der Waals surface area (Å²) >= 11 is 5.95. The van der Waals surface area contributed by atoms with Crippen LogP contribution in [0.3, 0.4) is 0 Å². The van der Waals surface area contributed by atoms with Crippen molar-refractivity contribution >= 4 is 33.1 Å². The SMILES string of the molecule is CC(=O)C1Cc2cccc(S(=O)(=O)N3CCN(c4ccc(Cl)cc4)CC3)c2C1. The first-order chi connectivity index (χ1) is 13.4. The number of sulfonamides is 1. The Bertz CT molecular complexity index is 997. The van der Waals surface area contributed by atoms with E-state index in [1.807, 2.05) is 30.3 Å². The molecule has 2 aromatic carbocycles. The van der Waals surface area contributed by atoms with Crippen molar-refractivity contribution in [3.8, 4) is 0 Å². The average molecular weight is 419 g/mol. The lowest BCUT2D eigenvalue weighted by Crippen LogP contribution is -2.48. The van der Waals surface area contributed by atoms with Crippen molar-refractivity contribution in [1.29, 1.82) is 0 Å². The standard InChI is InChI=1S/C21H23ClN2O3S/c1-15(25)17-13-16-3-2-4-21(20(16)14-17)28(26,27)24-11-9-23(10-12-24)19-7-5-18(22)6-8-19/h2-8,17H,9-14H2,1H3. The number of halogens is 1. The molecule has 0 aromatic heterocycles. The molecule has 0 bridgehead atoms. The maximum absolute atomic E-state index is 13.3. The van der Waals surface area contributed by atoms with Crippen LogP contribution in [0.5, 0.6) is 0 Å². The molecule has 0 radical (unpaired) electrons. The molecule has 1 aliphatic carbocycles. The van der Waals surface area contributed by atoms with Crippen LogP contribution in [0, 0.1) is 5.92 Å². The van der Waals surface area contributed by atoms with Crippen molar-refractivity contribution in [1.82, 2.24) is 4.31 Å². The Balaban J connectivity index is 1.53. The van der Waals surface area contributed by atoms with Gasteiger partial charge in [0.05, 0.1) is 4.90 Å². The molecule has 1 heterocycles. The monoisotopic (exact) mass is 418 g/mol. The van der Waals surface area contributed by atoms with Crippen molar-refractivity contribution < 1.29 is 13.2 Å². The van der Waals surface area contributed by atoms with Crippen LogP contribution in [0.15, 0.2) is 47.4 Å². The van der Waals surface area contributed by atoms with E-state index in [0.717, 1.165) is 16.8 Å². The molecule has 1 atom stereocenters. The summed E-state index contributed by atoms with van der Waals surface area (Å²) in [6.07, 6.45) is 1.16. The maximum Gasteiger partial charge on any atom is 0.243 e. The fourth-order valence-corrected chi connectivity index (χ4v) is 5.95. The van der Waals surface area contributed by atoms with Gasteiger partial charge >= 0.3 is 0 Å². The van der Waals surface area contributed by atoms with Gasteiger partial charge in [-0.15, -0.1) is 0 Å². The molecule has 5 nitrogen and oxygen atoms in total. The van der Waals surface area contributed by atoms with Gasteiger partial charge in [0.25, 0.3) is 0 Å². The molecule has 0 N–H and O–H groups in total. The number of Topliss-reactive ketones (excluding diaryl/α,β-unsaturated/α-hetero) is 1. The third-order valence-corrected chi connectivity index (χ3v) is 8.01. The number of benzene rings is 2. The highest BCUT2D eigenvalue weighted by Gasteiger charge is 2.34.